The number of carbonyl (C=O) groups is 2. The maximum atomic E-state index is 12.6. The normalized spacial score (nSPS) is 16.2. The fourth-order valence-corrected chi connectivity index (χ4v) is 3.37. The van der Waals surface area contributed by atoms with Crippen molar-refractivity contribution in [2.75, 3.05) is 25.7 Å². The minimum Gasteiger partial charge on any atom is -0.495 e. The third-order valence-corrected chi connectivity index (χ3v) is 5.19. The maximum absolute atomic E-state index is 12.6. The predicted molar refractivity (Wildman–Crippen MR) is 107 cm³/mol. The van der Waals surface area contributed by atoms with Gasteiger partial charge in [-0.25, -0.2) is 0 Å². The van der Waals surface area contributed by atoms with Crippen molar-refractivity contribution in [1.29, 1.82) is 0 Å². The number of aryl methyl sites for hydroxylation is 2. The molecule has 148 valence electrons. The third kappa shape index (κ3) is 3.92. The number of carbonyl (C=O) groups excluding carboxylic acids is 2. The highest BCUT2D eigenvalue weighted by Crippen LogP contribution is 2.40. The fraction of sp³-hybridized carbons (Fsp3) is 0.333. The molecule has 1 amide bonds. The van der Waals surface area contributed by atoms with Crippen molar-refractivity contribution >= 4 is 29.2 Å². The van der Waals surface area contributed by atoms with Gasteiger partial charge in [0.1, 0.15) is 17.2 Å². The first kappa shape index (κ1) is 20.0. The molecule has 1 saturated heterocycles. The zero-order chi connectivity index (χ0) is 20.4. The summed E-state index contributed by atoms with van der Waals surface area (Å²) in [6.07, 6.45) is 0.0660. The van der Waals surface area contributed by atoms with Crippen molar-refractivity contribution < 1.29 is 23.8 Å². The average molecular weight is 404 g/mol. The van der Waals surface area contributed by atoms with Crippen molar-refractivity contribution in [2.24, 2.45) is 5.92 Å². The lowest BCUT2D eigenvalue weighted by Gasteiger charge is -2.20. The summed E-state index contributed by atoms with van der Waals surface area (Å²) in [6.45, 7) is 4.14. The maximum Gasteiger partial charge on any atom is 0.316 e. The molecule has 1 fully saturated rings. The van der Waals surface area contributed by atoms with Gasteiger partial charge >= 0.3 is 5.97 Å². The van der Waals surface area contributed by atoms with Crippen LogP contribution in [0.15, 0.2) is 30.3 Å². The smallest absolute Gasteiger partial charge is 0.316 e. The number of amides is 1. The average Bonchev–Trinajstić information content (AvgIpc) is 3.06. The molecule has 0 spiro atoms. The Hall–Kier alpha value is -2.73. The Morgan fingerprint density at radius 1 is 1.07 bits per heavy atom. The van der Waals surface area contributed by atoms with Crippen molar-refractivity contribution in [3.05, 3.63) is 46.5 Å². The van der Waals surface area contributed by atoms with Crippen molar-refractivity contribution in [3.8, 4) is 17.2 Å². The summed E-state index contributed by atoms with van der Waals surface area (Å²) in [5.41, 5.74) is 2.65. The van der Waals surface area contributed by atoms with Gasteiger partial charge < -0.3 is 19.1 Å². The minimum absolute atomic E-state index is 0.0660. The van der Waals surface area contributed by atoms with E-state index in [2.05, 4.69) is 0 Å². The molecule has 2 aromatic rings. The molecule has 1 aliphatic rings. The lowest BCUT2D eigenvalue weighted by molar-refractivity contribution is -0.139. The van der Waals surface area contributed by atoms with E-state index in [1.165, 1.54) is 19.1 Å². The predicted octanol–water partition coefficient (Wildman–Crippen LogP) is 3.93. The Bertz CT molecular complexity index is 927. The van der Waals surface area contributed by atoms with Gasteiger partial charge in [0, 0.05) is 19.0 Å². The molecule has 1 aliphatic heterocycles. The van der Waals surface area contributed by atoms with Gasteiger partial charge in [-0.1, -0.05) is 17.7 Å². The van der Waals surface area contributed by atoms with E-state index in [9.17, 15) is 9.59 Å². The van der Waals surface area contributed by atoms with E-state index < -0.39 is 11.9 Å². The summed E-state index contributed by atoms with van der Waals surface area (Å²) in [6, 6.07) is 8.68. The molecule has 28 heavy (non-hydrogen) atoms. The second-order valence-corrected chi connectivity index (χ2v) is 7.14. The zero-order valence-electron chi connectivity index (χ0n) is 16.2. The molecule has 3 rings (SSSR count). The largest absolute Gasteiger partial charge is 0.495 e. The Morgan fingerprint density at radius 3 is 2.43 bits per heavy atom. The highest BCUT2D eigenvalue weighted by Gasteiger charge is 2.38. The van der Waals surface area contributed by atoms with Gasteiger partial charge in [0.15, 0.2) is 0 Å². The van der Waals surface area contributed by atoms with Gasteiger partial charge in [-0.15, -0.1) is 0 Å². The van der Waals surface area contributed by atoms with Gasteiger partial charge in [0.05, 0.1) is 30.8 Å². The van der Waals surface area contributed by atoms with Crippen molar-refractivity contribution in [1.82, 2.24) is 0 Å². The molecule has 0 saturated carbocycles. The SMILES string of the molecule is COc1cc(OC)c(N2C[C@@H](C(=O)Oc3ccc(C)c(C)c3)CC2=O)cc1Cl. The number of esters is 1. The quantitative estimate of drug-likeness (QED) is 0.559. The van der Waals surface area contributed by atoms with Crippen LogP contribution in [0, 0.1) is 19.8 Å². The number of benzene rings is 2. The van der Waals surface area contributed by atoms with Crippen LogP contribution in [-0.2, 0) is 9.59 Å². The van der Waals surface area contributed by atoms with Crippen LogP contribution in [0.4, 0.5) is 5.69 Å². The lowest BCUT2D eigenvalue weighted by Crippen LogP contribution is -2.27. The van der Waals surface area contributed by atoms with Crippen LogP contribution in [0.2, 0.25) is 5.02 Å². The Morgan fingerprint density at radius 2 is 1.79 bits per heavy atom. The van der Waals surface area contributed by atoms with Crippen molar-refractivity contribution in [2.45, 2.75) is 20.3 Å². The van der Waals surface area contributed by atoms with Crippen LogP contribution >= 0.6 is 11.6 Å². The van der Waals surface area contributed by atoms with E-state index in [0.717, 1.165) is 11.1 Å². The van der Waals surface area contributed by atoms with Gasteiger partial charge in [0.2, 0.25) is 5.91 Å². The number of nitrogens with zero attached hydrogens (tertiary/aromatic N) is 1. The second kappa shape index (κ2) is 8.10. The molecule has 2 aromatic carbocycles. The standard InChI is InChI=1S/C21H22ClNO5/c1-12-5-6-15(7-13(12)2)28-21(25)14-8-20(24)23(11-14)17-9-16(22)18(26-3)10-19(17)27-4/h5-7,9-10,14H,8,11H2,1-4H3/t14-/m0/s1. The molecule has 0 aliphatic carbocycles. The van der Waals surface area contributed by atoms with Crippen LogP contribution in [0.3, 0.4) is 0 Å². The number of halogens is 1. The first-order valence-electron chi connectivity index (χ1n) is 8.85. The van der Waals surface area contributed by atoms with Gasteiger partial charge in [0.25, 0.3) is 0 Å². The van der Waals surface area contributed by atoms with Crippen LogP contribution in [0.25, 0.3) is 0 Å². The summed E-state index contributed by atoms with van der Waals surface area (Å²) in [5, 5.41) is 0.354. The molecule has 0 aromatic heterocycles. The molecule has 0 bridgehead atoms. The summed E-state index contributed by atoms with van der Waals surface area (Å²) in [7, 11) is 3.00. The lowest BCUT2D eigenvalue weighted by atomic mass is 10.1. The summed E-state index contributed by atoms with van der Waals surface area (Å²) >= 11 is 6.21. The van der Waals surface area contributed by atoms with E-state index in [4.69, 9.17) is 25.8 Å². The van der Waals surface area contributed by atoms with Crippen molar-refractivity contribution in [3.63, 3.8) is 0 Å². The van der Waals surface area contributed by atoms with Gasteiger partial charge in [-0.05, 0) is 43.2 Å². The van der Waals surface area contributed by atoms with Crippen LogP contribution < -0.4 is 19.1 Å². The topological polar surface area (TPSA) is 65.1 Å². The molecule has 1 heterocycles. The number of rotatable bonds is 5. The second-order valence-electron chi connectivity index (χ2n) is 6.73. The molecule has 0 N–H and O–H groups in total. The van der Waals surface area contributed by atoms with E-state index in [1.54, 1.807) is 18.2 Å². The molecule has 0 unspecified atom stereocenters. The zero-order valence-corrected chi connectivity index (χ0v) is 17.0. The van der Waals surface area contributed by atoms with Crippen LogP contribution in [-0.4, -0.2) is 32.6 Å². The highest BCUT2D eigenvalue weighted by atomic mass is 35.5. The Labute approximate surface area is 168 Å². The number of ether oxygens (including phenoxy) is 3. The van der Waals surface area contributed by atoms with E-state index >= 15 is 0 Å². The van der Waals surface area contributed by atoms with Gasteiger partial charge in [-0.2, -0.15) is 0 Å². The first-order chi connectivity index (χ1) is 13.3. The highest BCUT2D eigenvalue weighted by molar-refractivity contribution is 6.32. The fourth-order valence-electron chi connectivity index (χ4n) is 3.13. The molecule has 0 radical (unpaired) electrons. The first-order valence-corrected chi connectivity index (χ1v) is 9.22. The Balaban J connectivity index is 1.79. The van der Waals surface area contributed by atoms with Gasteiger partial charge in [-0.3, -0.25) is 9.59 Å². The summed E-state index contributed by atoms with van der Waals surface area (Å²) in [4.78, 5) is 26.6. The summed E-state index contributed by atoms with van der Waals surface area (Å²) < 4.78 is 16.0. The number of hydrogen-bond donors (Lipinski definition) is 0. The molecular formula is C21H22ClNO5. The Kier molecular flexibility index (Phi) is 5.79. The number of methoxy groups -OCH3 is 2. The molecular weight excluding hydrogens is 382 g/mol. The third-order valence-electron chi connectivity index (χ3n) is 4.90. The minimum atomic E-state index is -0.570. The van der Waals surface area contributed by atoms with E-state index in [0.29, 0.717) is 28.0 Å². The number of anilines is 1. The molecule has 1 atom stereocenters. The van der Waals surface area contributed by atoms with Crippen LogP contribution in [0.5, 0.6) is 17.2 Å². The molecule has 6 nitrogen and oxygen atoms in total. The monoisotopic (exact) mass is 403 g/mol. The van der Waals surface area contributed by atoms with E-state index in [-0.39, 0.29) is 18.9 Å². The number of hydrogen-bond acceptors (Lipinski definition) is 5. The summed E-state index contributed by atoms with van der Waals surface area (Å²) in [5.74, 6) is 0.167. The van der Waals surface area contributed by atoms with E-state index in [1.807, 2.05) is 26.0 Å². The molecule has 7 heteroatoms. The van der Waals surface area contributed by atoms with Crippen LogP contribution in [0.1, 0.15) is 17.5 Å².